The molecule has 198 valence electrons. The Morgan fingerprint density at radius 1 is 0.868 bits per heavy atom. The second-order valence-corrected chi connectivity index (χ2v) is 9.70. The molecule has 3 aromatic carbocycles. The van der Waals surface area contributed by atoms with E-state index >= 15 is 0 Å². The van der Waals surface area contributed by atoms with Crippen molar-refractivity contribution in [1.29, 1.82) is 0 Å². The van der Waals surface area contributed by atoms with Crippen LogP contribution >= 0.6 is 11.5 Å². The third-order valence-corrected chi connectivity index (χ3v) is 6.51. The number of amides is 1. The van der Waals surface area contributed by atoms with E-state index in [2.05, 4.69) is 14.3 Å². The van der Waals surface area contributed by atoms with Crippen LogP contribution in [-0.2, 0) is 13.0 Å². The van der Waals surface area contributed by atoms with E-state index in [9.17, 15) is 4.79 Å². The van der Waals surface area contributed by atoms with Crippen LogP contribution in [0.1, 0.15) is 27.3 Å². The van der Waals surface area contributed by atoms with Crippen LogP contribution < -0.4 is 14.2 Å². The fraction of sp³-hybridized carbons (Fsp3) is 0.276. The molecule has 0 atom stereocenters. The first-order chi connectivity index (χ1) is 18.4. The van der Waals surface area contributed by atoms with Gasteiger partial charge >= 0.3 is 0 Å². The molecule has 0 radical (unpaired) electrons. The average Bonchev–Trinajstić information content (AvgIpc) is 3.37. The molecule has 1 amide bonds. The summed E-state index contributed by atoms with van der Waals surface area (Å²) in [6.07, 6.45) is 0.549. The lowest BCUT2D eigenvalue weighted by Crippen LogP contribution is -2.36. The van der Waals surface area contributed by atoms with Crippen molar-refractivity contribution in [2.45, 2.75) is 13.0 Å². The van der Waals surface area contributed by atoms with Crippen LogP contribution in [0.4, 0.5) is 0 Å². The van der Waals surface area contributed by atoms with Gasteiger partial charge in [-0.2, -0.15) is 9.36 Å². The van der Waals surface area contributed by atoms with E-state index in [-0.39, 0.29) is 5.91 Å². The molecule has 8 nitrogen and oxygen atoms in total. The number of carbonyl (C=O) groups excluding carboxylic acids is 1. The molecule has 1 heterocycles. The van der Waals surface area contributed by atoms with E-state index in [1.807, 2.05) is 73.6 Å². The maximum absolute atomic E-state index is 13.6. The molecule has 0 bridgehead atoms. The summed E-state index contributed by atoms with van der Waals surface area (Å²) in [6.45, 7) is 1.85. The van der Waals surface area contributed by atoms with Crippen LogP contribution in [0.5, 0.6) is 22.4 Å². The molecule has 0 saturated heterocycles. The van der Waals surface area contributed by atoms with Gasteiger partial charge in [-0.3, -0.25) is 4.79 Å². The summed E-state index contributed by atoms with van der Waals surface area (Å²) in [5.41, 5.74) is 2.62. The smallest absolute Gasteiger partial charge is 0.298 e. The molecule has 1 aromatic heterocycles. The highest BCUT2D eigenvalue weighted by atomic mass is 32.1. The first-order valence-electron chi connectivity index (χ1n) is 12.2. The van der Waals surface area contributed by atoms with Gasteiger partial charge in [0, 0.05) is 43.2 Å². The molecule has 0 saturated carbocycles. The van der Waals surface area contributed by atoms with Gasteiger partial charge in [0.25, 0.3) is 11.1 Å². The van der Waals surface area contributed by atoms with Crippen molar-refractivity contribution in [1.82, 2.24) is 19.2 Å². The Labute approximate surface area is 227 Å². The first kappa shape index (κ1) is 27.1. The third kappa shape index (κ3) is 7.30. The number of carbonyl (C=O) groups is 1. The lowest BCUT2D eigenvalue weighted by atomic mass is 10.1. The molecule has 4 aromatic rings. The van der Waals surface area contributed by atoms with Crippen LogP contribution in [0.15, 0.2) is 72.8 Å². The highest BCUT2D eigenvalue weighted by Crippen LogP contribution is 2.34. The Balaban J connectivity index is 1.52. The normalized spacial score (nSPS) is 10.9. The number of aromatic nitrogens is 2. The molecule has 4 rings (SSSR count). The maximum atomic E-state index is 13.6. The molecule has 0 aliphatic rings. The highest BCUT2D eigenvalue weighted by molar-refractivity contribution is 7.07. The van der Waals surface area contributed by atoms with Crippen molar-refractivity contribution in [2.75, 3.05) is 41.4 Å². The van der Waals surface area contributed by atoms with E-state index in [4.69, 9.17) is 14.2 Å². The predicted octanol–water partition coefficient (Wildman–Crippen LogP) is 5.14. The lowest BCUT2D eigenvalue weighted by molar-refractivity contribution is 0.0731. The zero-order chi connectivity index (χ0) is 26.9. The summed E-state index contributed by atoms with van der Waals surface area (Å²) < 4.78 is 21.3. The Morgan fingerprint density at radius 3 is 2.39 bits per heavy atom. The molecule has 0 unspecified atom stereocenters. The third-order valence-electron chi connectivity index (χ3n) is 5.87. The number of benzene rings is 3. The summed E-state index contributed by atoms with van der Waals surface area (Å²) in [4.78, 5) is 22.0. The number of rotatable bonds is 12. The van der Waals surface area contributed by atoms with Gasteiger partial charge in [0.1, 0.15) is 5.75 Å². The van der Waals surface area contributed by atoms with E-state index in [0.29, 0.717) is 47.6 Å². The van der Waals surface area contributed by atoms with Crippen molar-refractivity contribution >= 4 is 17.4 Å². The highest BCUT2D eigenvalue weighted by Gasteiger charge is 2.20. The Morgan fingerprint density at radius 2 is 1.66 bits per heavy atom. The van der Waals surface area contributed by atoms with Crippen LogP contribution in [0.25, 0.3) is 0 Å². The quantitative estimate of drug-likeness (QED) is 0.250. The maximum Gasteiger partial charge on any atom is 0.298 e. The zero-order valence-corrected chi connectivity index (χ0v) is 22.9. The molecule has 0 aliphatic heterocycles. The van der Waals surface area contributed by atoms with Crippen molar-refractivity contribution in [2.24, 2.45) is 0 Å². The van der Waals surface area contributed by atoms with Gasteiger partial charge in [-0.1, -0.05) is 42.5 Å². The molecular weight excluding hydrogens is 500 g/mol. The zero-order valence-electron chi connectivity index (χ0n) is 22.1. The van der Waals surface area contributed by atoms with Gasteiger partial charge < -0.3 is 24.0 Å². The molecular formula is C29H32N4O4S. The van der Waals surface area contributed by atoms with Crippen LogP contribution in [0.2, 0.25) is 0 Å². The van der Waals surface area contributed by atoms with Gasteiger partial charge in [0.2, 0.25) is 0 Å². The number of likely N-dealkylation sites (N-methyl/N-ethyl adjacent to an activating group) is 1. The molecule has 0 spiro atoms. The molecule has 9 heteroatoms. The first-order valence-corrected chi connectivity index (χ1v) is 13.0. The second kappa shape index (κ2) is 13.0. The van der Waals surface area contributed by atoms with Gasteiger partial charge in [-0.05, 0) is 55.6 Å². The summed E-state index contributed by atoms with van der Waals surface area (Å²) in [5, 5.41) is 0.375. The van der Waals surface area contributed by atoms with Gasteiger partial charge in [0.15, 0.2) is 17.3 Å². The van der Waals surface area contributed by atoms with Crippen LogP contribution in [0, 0.1) is 0 Å². The summed E-state index contributed by atoms with van der Waals surface area (Å²) in [5.74, 6) is 2.26. The Bertz CT molecular complexity index is 1340. The Kier molecular flexibility index (Phi) is 9.29. The number of hydrogen-bond acceptors (Lipinski definition) is 8. The minimum absolute atomic E-state index is 0.0841. The minimum atomic E-state index is -0.0841. The van der Waals surface area contributed by atoms with E-state index < -0.39 is 0 Å². The number of hydrogen-bond donors (Lipinski definition) is 0. The van der Waals surface area contributed by atoms with Crippen molar-refractivity contribution < 1.29 is 19.0 Å². The Hall–Kier alpha value is -3.95. The standard InChI is InChI=1S/C29H32N4O4S/c1-32(2)15-16-33(20-21-9-6-5-7-10-21)28(34)23-13-14-25(36-4)26(19-23)37-29-30-27(31-38-29)18-22-11-8-12-24(17-22)35-3/h5-14,17,19H,15-16,18,20H2,1-4H3. The molecule has 0 aliphatic carbocycles. The van der Waals surface area contributed by atoms with Gasteiger partial charge in [-0.15, -0.1) is 0 Å². The number of methoxy groups -OCH3 is 2. The second-order valence-electron chi connectivity index (χ2n) is 8.99. The van der Waals surface area contributed by atoms with E-state index in [1.54, 1.807) is 32.4 Å². The van der Waals surface area contributed by atoms with Gasteiger partial charge in [0.05, 0.1) is 14.2 Å². The van der Waals surface area contributed by atoms with Crippen LogP contribution in [0.3, 0.4) is 0 Å². The summed E-state index contributed by atoms with van der Waals surface area (Å²) >= 11 is 1.16. The summed E-state index contributed by atoms with van der Waals surface area (Å²) in [6, 6.07) is 23.0. The number of nitrogens with zero attached hydrogens (tertiary/aromatic N) is 4. The largest absolute Gasteiger partial charge is 0.497 e. The SMILES string of the molecule is COc1cccc(Cc2nsc(Oc3cc(C(=O)N(CCN(C)C)Cc4ccccc4)ccc3OC)n2)c1. The predicted molar refractivity (Wildman–Crippen MR) is 149 cm³/mol. The molecule has 0 fully saturated rings. The summed E-state index contributed by atoms with van der Waals surface area (Å²) in [7, 11) is 7.20. The van der Waals surface area contributed by atoms with Crippen molar-refractivity contribution in [3.63, 3.8) is 0 Å². The minimum Gasteiger partial charge on any atom is -0.497 e. The van der Waals surface area contributed by atoms with E-state index in [1.165, 1.54) is 0 Å². The van der Waals surface area contributed by atoms with Crippen molar-refractivity contribution in [3.05, 3.63) is 95.3 Å². The van der Waals surface area contributed by atoms with E-state index in [0.717, 1.165) is 35.0 Å². The fourth-order valence-corrected chi connectivity index (χ4v) is 4.42. The number of ether oxygens (including phenoxy) is 3. The monoisotopic (exact) mass is 532 g/mol. The topological polar surface area (TPSA) is 77.0 Å². The average molecular weight is 533 g/mol. The fourth-order valence-electron chi connectivity index (χ4n) is 3.86. The lowest BCUT2D eigenvalue weighted by Gasteiger charge is -2.25. The molecule has 38 heavy (non-hydrogen) atoms. The molecule has 0 N–H and O–H groups in total. The van der Waals surface area contributed by atoms with Crippen LogP contribution in [-0.4, -0.2) is 66.5 Å². The van der Waals surface area contributed by atoms with Crippen molar-refractivity contribution in [3.8, 4) is 22.4 Å². The van der Waals surface area contributed by atoms with Gasteiger partial charge in [-0.25, -0.2) is 0 Å².